The fourth-order valence-electron chi connectivity index (χ4n) is 0.666. The zero-order valence-electron chi connectivity index (χ0n) is 6.28. The second kappa shape index (κ2) is 3.49. The Bertz CT molecular complexity index is 400. The molecule has 0 spiro atoms. The molecule has 1 aromatic heterocycles. The number of halogens is 5. The number of pyridine rings is 1. The number of hydrogen-bond acceptors (Lipinski definition) is 2. The molecule has 1 heterocycles. The number of H-pyrrole nitrogens is 1. The molecular formula is C6H2ClF4NO2. The van der Waals surface area contributed by atoms with E-state index >= 15 is 0 Å². The highest BCUT2D eigenvalue weighted by Gasteiger charge is 2.32. The molecule has 1 N–H and O–H groups in total. The predicted molar refractivity (Wildman–Crippen MR) is 38.7 cm³/mol. The fourth-order valence-corrected chi connectivity index (χ4v) is 0.807. The van der Waals surface area contributed by atoms with Crippen molar-refractivity contribution in [2.24, 2.45) is 0 Å². The van der Waals surface area contributed by atoms with Gasteiger partial charge in [-0.05, 0) is 0 Å². The highest BCUT2D eigenvalue weighted by atomic mass is 35.5. The van der Waals surface area contributed by atoms with E-state index in [2.05, 4.69) is 4.74 Å². The van der Waals surface area contributed by atoms with Gasteiger partial charge >= 0.3 is 6.36 Å². The Labute approximate surface area is 79.3 Å². The number of rotatable bonds is 1. The van der Waals surface area contributed by atoms with E-state index < -0.39 is 28.5 Å². The molecule has 1 rings (SSSR count). The van der Waals surface area contributed by atoms with Crippen molar-refractivity contribution in [1.29, 1.82) is 0 Å². The standard InChI is InChI=1S/C6H2ClF4NO2/c7-5-3(8)4(13)2(1-12-5)14-6(9,10)11/h1H,(H,12,13). The normalized spacial score (nSPS) is 11.5. The lowest BCUT2D eigenvalue weighted by molar-refractivity contribution is -0.275. The number of nitrogens with one attached hydrogen (secondary N) is 1. The van der Waals surface area contributed by atoms with Crippen LogP contribution in [0.2, 0.25) is 5.15 Å². The zero-order chi connectivity index (χ0) is 10.9. The minimum Gasteiger partial charge on any atom is -0.400 e. The Balaban J connectivity index is 3.13. The van der Waals surface area contributed by atoms with Gasteiger partial charge in [0, 0.05) is 6.20 Å². The van der Waals surface area contributed by atoms with Gasteiger partial charge in [0.1, 0.15) is 5.15 Å². The lowest BCUT2D eigenvalue weighted by atomic mass is 10.4. The second-order valence-electron chi connectivity index (χ2n) is 2.16. The Morgan fingerprint density at radius 3 is 2.50 bits per heavy atom. The van der Waals surface area contributed by atoms with Gasteiger partial charge in [-0.3, -0.25) is 4.79 Å². The molecule has 0 radical (unpaired) electrons. The molecule has 3 nitrogen and oxygen atoms in total. The number of aromatic amines is 1. The van der Waals surface area contributed by atoms with Crippen LogP contribution in [0.4, 0.5) is 17.6 Å². The van der Waals surface area contributed by atoms with E-state index in [9.17, 15) is 22.4 Å². The molecular weight excluding hydrogens is 230 g/mol. The predicted octanol–water partition coefficient (Wildman–Crippen LogP) is 2.07. The molecule has 0 aliphatic rings. The van der Waals surface area contributed by atoms with Crippen LogP contribution in [0.1, 0.15) is 0 Å². The van der Waals surface area contributed by atoms with Gasteiger partial charge in [-0.15, -0.1) is 13.2 Å². The molecule has 14 heavy (non-hydrogen) atoms. The molecule has 0 bridgehead atoms. The molecule has 0 aliphatic carbocycles. The van der Waals surface area contributed by atoms with Gasteiger partial charge in [0.2, 0.25) is 5.82 Å². The molecule has 8 heteroatoms. The average Bonchev–Trinajstić information content (AvgIpc) is 2.04. The monoisotopic (exact) mass is 231 g/mol. The van der Waals surface area contributed by atoms with E-state index in [1.165, 1.54) is 0 Å². The summed E-state index contributed by atoms with van der Waals surface area (Å²) in [7, 11) is 0. The highest BCUT2D eigenvalue weighted by Crippen LogP contribution is 2.20. The average molecular weight is 232 g/mol. The molecule has 78 valence electrons. The van der Waals surface area contributed by atoms with E-state index in [4.69, 9.17) is 11.6 Å². The maximum Gasteiger partial charge on any atom is 0.573 e. The lowest BCUT2D eigenvalue weighted by Crippen LogP contribution is -2.23. The third-order valence-corrected chi connectivity index (χ3v) is 1.45. The summed E-state index contributed by atoms with van der Waals surface area (Å²) in [5.74, 6) is -2.71. The maximum atomic E-state index is 12.6. The largest absolute Gasteiger partial charge is 0.573 e. The van der Waals surface area contributed by atoms with Crippen molar-refractivity contribution in [2.75, 3.05) is 0 Å². The van der Waals surface area contributed by atoms with Crippen molar-refractivity contribution in [3.63, 3.8) is 0 Å². The van der Waals surface area contributed by atoms with Gasteiger partial charge < -0.3 is 9.72 Å². The molecule has 0 atom stereocenters. The molecule has 0 fully saturated rings. The van der Waals surface area contributed by atoms with Crippen LogP contribution in [0.5, 0.6) is 5.75 Å². The van der Waals surface area contributed by atoms with Gasteiger partial charge in [-0.1, -0.05) is 11.6 Å². The summed E-state index contributed by atoms with van der Waals surface area (Å²) in [5, 5.41) is -0.676. The number of aromatic nitrogens is 1. The van der Waals surface area contributed by atoms with Gasteiger partial charge in [0.25, 0.3) is 5.43 Å². The van der Waals surface area contributed by atoms with Crippen LogP contribution in [0, 0.1) is 5.82 Å². The fraction of sp³-hybridized carbons (Fsp3) is 0.167. The number of ether oxygens (including phenoxy) is 1. The topological polar surface area (TPSA) is 42.1 Å². The van der Waals surface area contributed by atoms with Gasteiger partial charge in [0.05, 0.1) is 0 Å². The molecule has 0 saturated carbocycles. The summed E-state index contributed by atoms with van der Waals surface area (Å²) < 4.78 is 50.7. The zero-order valence-corrected chi connectivity index (χ0v) is 7.04. The van der Waals surface area contributed by atoms with Gasteiger partial charge in [0.15, 0.2) is 5.75 Å². The van der Waals surface area contributed by atoms with E-state index in [0.717, 1.165) is 0 Å². The van der Waals surface area contributed by atoms with Crippen molar-refractivity contribution in [1.82, 2.24) is 4.98 Å². The van der Waals surface area contributed by atoms with Crippen molar-refractivity contribution < 1.29 is 22.3 Å². The van der Waals surface area contributed by atoms with Gasteiger partial charge in [-0.2, -0.15) is 4.39 Å². The van der Waals surface area contributed by atoms with E-state index in [1.54, 1.807) is 0 Å². The van der Waals surface area contributed by atoms with Crippen molar-refractivity contribution in [3.05, 3.63) is 27.4 Å². The van der Waals surface area contributed by atoms with Crippen LogP contribution in [-0.2, 0) is 0 Å². The van der Waals surface area contributed by atoms with E-state index in [-0.39, 0.29) is 0 Å². The third-order valence-electron chi connectivity index (χ3n) is 1.17. The van der Waals surface area contributed by atoms with E-state index in [0.29, 0.717) is 6.20 Å². The lowest BCUT2D eigenvalue weighted by Gasteiger charge is -2.07. The van der Waals surface area contributed by atoms with Gasteiger partial charge in [-0.25, -0.2) is 0 Å². The molecule has 0 saturated heterocycles. The Hall–Kier alpha value is -1.24. The van der Waals surface area contributed by atoms with Crippen LogP contribution < -0.4 is 10.2 Å². The number of hydrogen-bond donors (Lipinski definition) is 1. The third kappa shape index (κ3) is 2.38. The quantitative estimate of drug-likeness (QED) is 0.594. The number of alkyl halides is 3. The highest BCUT2D eigenvalue weighted by molar-refractivity contribution is 6.29. The summed E-state index contributed by atoms with van der Waals surface area (Å²) >= 11 is 5.09. The van der Waals surface area contributed by atoms with Crippen LogP contribution in [0.25, 0.3) is 0 Å². The minimum atomic E-state index is -5.05. The Kier molecular flexibility index (Phi) is 2.70. The summed E-state index contributed by atoms with van der Waals surface area (Å²) in [6, 6.07) is 0. The van der Waals surface area contributed by atoms with Crippen molar-refractivity contribution >= 4 is 11.6 Å². The first-order valence-electron chi connectivity index (χ1n) is 3.13. The molecule has 0 aromatic carbocycles. The van der Waals surface area contributed by atoms with E-state index in [1.807, 2.05) is 4.98 Å². The summed E-state index contributed by atoms with van der Waals surface area (Å²) in [4.78, 5) is 12.7. The van der Waals surface area contributed by atoms with Crippen molar-refractivity contribution in [2.45, 2.75) is 6.36 Å². The SMILES string of the molecule is O=c1c(OC(F)(F)F)c[nH]c(Cl)c1F. The molecule has 0 amide bonds. The first-order chi connectivity index (χ1) is 6.31. The summed E-state index contributed by atoms with van der Waals surface area (Å²) in [6.45, 7) is 0. The van der Waals surface area contributed by atoms with Crippen LogP contribution in [0.3, 0.4) is 0 Å². The van der Waals surface area contributed by atoms with Crippen molar-refractivity contribution in [3.8, 4) is 5.75 Å². The smallest absolute Gasteiger partial charge is 0.400 e. The molecule has 0 aliphatic heterocycles. The summed E-state index contributed by atoms with van der Waals surface area (Å²) in [6.07, 6.45) is -4.52. The maximum absolute atomic E-state index is 12.6. The second-order valence-corrected chi connectivity index (χ2v) is 2.54. The van der Waals surface area contributed by atoms with Crippen LogP contribution in [0.15, 0.2) is 11.0 Å². The Morgan fingerprint density at radius 1 is 1.43 bits per heavy atom. The molecule has 0 unspecified atom stereocenters. The molecule has 1 aromatic rings. The first kappa shape index (κ1) is 10.8. The Morgan fingerprint density at radius 2 is 2.00 bits per heavy atom. The minimum absolute atomic E-state index is 0.529. The first-order valence-corrected chi connectivity index (χ1v) is 3.51. The van der Waals surface area contributed by atoms with Crippen LogP contribution >= 0.6 is 11.6 Å². The summed E-state index contributed by atoms with van der Waals surface area (Å²) in [5.41, 5.74) is -1.55. The van der Waals surface area contributed by atoms with Crippen LogP contribution in [-0.4, -0.2) is 11.3 Å².